The molecule has 0 saturated heterocycles. The van der Waals surface area contributed by atoms with E-state index in [9.17, 15) is 4.79 Å². The van der Waals surface area contributed by atoms with Gasteiger partial charge in [0.1, 0.15) is 5.75 Å². The molecule has 4 heteroatoms. The number of nitrogens with two attached hydrogens (primary N) is 1. The van der Waals surface area contributed by atoms with Crippen molar-refractivity contribution in [3.8, 4) is 5.75 Å². The van der Waals surface area contributed by atoms with Crippen molar-refractivity contribution in [3.63, 3.8) is 0 Å². The van der Waals surface area contributed by atoms with Crippen LogP contribution < -0.4 is 10.5 Å². The highest BCUT2D eigenvalue weighted by Crippen LogP contribution is 2.12. The van der Waals surface area contributed by atoms with E-state index in [1.54, 1.807) is 12.1 Å². The van der Waals surface area contributed by atoms with E-state index < -0.39 is 6.16 Å². The number of hydrogen-bond donors (Lipinski definition) is 1. The third kappa shape index (κ3) is 3.06. The van der Waals surface area contributed by atoms with Gasteiger partial charge in [0.15, 0.2) is 0 Å². The van der Waals surface area contributed by atoms with Gasteiger partial charge in [0.25, 0.3) is 0 Å². The maximum absolute atomic E-state index is 10.7. The zero-order valence-corrected chi connectivity index (χ0v) is 8.03. The number of rotatable bonds is 3. The summed E-state index contributed by atoms with van der Waals surface area (Å²) in [6.07, 6.45) is 0.106. The molecule has 0 saturated carbocycles. The van der Waals surface area contributed by atoms with Crippen LogP contribution in [0.25, 0.3) is 0 Å². The van der Waals surface area contributed by atoms with E-state index in [0.29, 0.717) is 12.3 Å². The van der Waals surface area contributed by atoms with Gasteiger partial charge in [0.2, 0.25) is 0 Å². The highest BCUT2D eigenvalue weighted by molar-refractivity contribution is 5.63. The van der Waals surface area contributed by atoms with Crippen LogP contribution in [0.15, 0.2) is 24.3 Å². The lowest BCUT2D eigenvalue weighted by atomic mass is 10.1. The van der Waals surface area contributed by atoms with Gasteiger partial charge >= 0.3 is 6.16 Å². The molecule has 0 aliphatic rings. The maximum Gasteiger partial charge on any atom is 0.513 e. The van der Waals surface area contributed by atoms with Crippen LogP contribution >= 0.6 is 0 Å². The normalized spacial score (nSPS) is 9.57. The monoisotopic (exact) mass is 195 g/mol. The van der Waals surface area contributed by atoms with Gasteiger partial charge in [0.05, 0.1) is 7.11 Å². The number of hydrogen-bond acceptors (Lipinski definition) is 4. The smallest absolute Gasteiger partial charge is 0.437 e. The van der Waals surface area contributed by atoms with Crippen molar-refractivity contribution >= 4 is 6.16 Å². The van der Waals surface area contributed by atoms with E-state index >= 15 is 0 Å². The summed E-state index contributed by atoms with van der Waals surface area (Å²) in [5.74, 6) is 0.470. The first-order chi connectivity index (χ1) is 6.76. The molecule has 1 aromatic carbocycles. The molecule has 0 aliphatic heterocycles. The quantitative estimate of drug-likeness (QED) is 0.584. The molecule has 4 nitrogen and oxygen atoms in total. The Morgan fingerprint density at radius 2 is 2.00 bits per heavy atom. The fourth-order valence-electron chi connectivity index (χ4n) is 1.03. The molecule has 0 fully saturated rings. The zero-order valence-electron chi connectivity index (χ0n) is 8.03. The predicted octanol–water partition coefficient (Wildman–Crippen LogP) is 1.33. The van der Waals surface area contributed by atoms with Gasteiger partial charge in [-0.05, 0) is 30.7 Å². The van der Waals surface area contributed by atoms with E-state index in [0.717, 1.165) is 12.0 Å². The van der Waals surface area contributed by atoms with Crippen LogP contribution in [0, 0.1) is 0 Å². The predicted molar refractivity (Wildman–Crippen MR) is 52.2 cm³/mol. The Bertz CT molecular complexity index is 295. The fourth-order valence-corrected chi connectivity index (χ4v) is 1.03. The van der Waals surface area contributed by atoms with E-state index in [2.05, 4.69) is 4.74 Å². The number of carbonyl (C=O) groups excluding carboxylic acids is 1. The van der Waals surface area contributed by atoms with Crippen molar-refractivity contribution in [1.82, 2.24) is 0 Å². The Hall–Kier alpha value is -1.55. The minimum absolute atomic E-state index is 0.470. The summed E-state index contributed by atoms with van der Waals surface area (Å²) in [6.45, 7) is 0.608. The minimum Gasteiger partial charge on any atom is -0.437 e. The van der Waals surface area contributed by atoms with Crippen LogP contribution in [-0.4, -0.2) is 19.8 Å². The molecule has 76 valence electrons. The molecule has 1 rings (SSSR count). The Balaban J connectivity index is 2.59. The molecule has 0 unspecified atom stereocenters. The fraction of sp³-hybridized carbons (Fsp3) is 0.300. The second kappa shape index (κ2) is 5.24. The second-order valence-electron chi connectivity index (χ2n) is 2.74. The first-order valence-corrected chi connectivity index (χ1v) is 4.31. The van der Waals surface area contributed by atoms with Crippen molar-refractivity contribution in [2.24, 2.45) is 5.73 Å². The van der Waals surface area contributed by atoms with Crippen LogP contribution in [0.3, 0.4) is 0 Å². The summed E-state index contributed by atoms with van der Waals surface area (Å²) in [5.41, 5.74) is 6.51. The third-order valence-electron chi connectivity index (χ3n) is 1.72. The van der Waals surface area contributed by atoms with Crippen LogP contribution in [0.5, 0.6) is 5.75 Å². The van der Waals surface area contributed by atoms with E-state index in [-0.39, 0.29) is 0 Å². The molecule has 0 aliphatic carbocycles. The van der Waals surface area contributed by atoms with Gasteiger partial charge in [0, 0.05) is 0 Å². The number of ether oxygens (including phenoxy) is 2. The summed E-state index contributed by atoms with van der Waals surface area (Å²) >= 11 is 0. The number of methoxy groups -OCH3 is 1. The molecule has 0 spiro atoms. The summed E-state index contributed by atoms with van der Waals surface area (Å²) in [4.78, 5) is 10.7. The summed E-state index contributed by atoms with van der Waals surface area (Å²) in [7, 11) is 1.27. The first kappa shape index (κ1) is 10.5. The largest absolute Gasteiger partial charge is 0.513 e. The first-order valence-electron chi connectivity index (χ1n) is 4.31. The lowest BCUT2D eigenvalue weighted by molar-refractivity contribution is 0.121. The van der Waals surface area contributed by atoms with Gasteiger partial charge in [-0.25, -0.2) is 4.79 Å². The van der Waals surface area contributed by atoms with Crippen LogP contribution in [0.2, 0.25) is 0 Å². The number of carbonyl (C=O) groups is 1. The van der Waals surface area contributed by atoms with E-state index in [1.807, 2.05) is 12.1 Å². The van der Waals surface area contributed by atoms with Gasteiger partial charge < -0.3 is 15.2 Å². The lowest BCUT2D eigenvalue weighted by Crippen LogP contribution is -2.07. The molecule has 0 atom stereocenters. The van der Waals surface area contributed by atoms with Crippen molar-refractivity contribution in [2.45, 2.75) is 6.42 Å². The summed E-state index contributed by atoms with van der Waals surface area (Å²) in [5, 5.41) is 0. The van der Waals surface area contributed by atoms with E-state index in [1.165, 1.54) is 7.11 Å². The summed E-state index contributed by atoms with van der Waals surface area (Å²) in [6, 6.07) is 7.15. The van der Waals surface area contributed by atoms with Gasteiger partial charge in [-0.15, -0.1) is 0 Å². The molecular weight excluding hydrogens is 182 g/mol. The van der Waals surface area contributed by atoms with Gasteiger partial charge in [-0.1, -0.05) is 12.1 Å². The molecule has 0 amide bonds. The van der Waals surface area contributed by atoms with E-state index in [4.69, 9.17) is 10.5 Å². The van der Waals surface area contributed by atoms with Crippen LogP contribution in [-0.2, 0) is 11.2 Å². The van der Waals surface area contributed by atoms with Crippen molar-refractivity contribution in [1.29, 1.82) is 0 Å². The molecular formula is C10H13NO3. The topological polar surface area (TPSA) is 61.5 Å². The van der Waals surface area contributed by atoms with Crippen LogP contribution in [0.4, 0.5) is 4.79 Å². The molecule has 0 bridgehead atoms. The highest BCUT2D eigenvalue weighted by atomic mass is 16.7. The van der Waals surface area contributed by atoms with Crippen molar-refractivity contribution < 1.29 is 14.3 Å². The third-order valence-corrected chi connectivity index (χ3v) is 1.72. The lowest BCUT2D eigenvalue weighted by Gasteiger charge is -2.03. The van der Waals surface area contributed by atoms with Crippen molar-refractivity contribution in [3.05, 3.63) is 29.8 Å². The van der Waals surface area contributed by atoms with Crippen LogP contribution in [0.1, 0.15) is 5.56 Å². The molecule has 0 radical (unpaired) electrons. The highest BCUT2D eigenvalue weighted by Gasteiger charge is 2.02. The Morgan fingerprint density at radius 1 is 1.36 bits per heavy atom. The number of benzene rings is 1. The van der Waals surface area contributed by atoms with Gasteiger partial charge in [-0.2, -0.15) is 0 Å². The van der Waals surface area contributed by atoms with Gasteiger partial charge in [-0.3, -0.25) is 0 Å². The maximum atomic E-state index is 10.7. The second-order valence-corrected chi connectivity index (χ2v) is 2.74. The van der Waals surface area contributed by atoms with Crippen molar-refractivity contribution in [2.75, 3.05) is 13.7 Å². The molecule has 14 heavy (non-hydrogen) atoms. The Kier molecular flexibility index (Phi) is 3.94. The molecule has 0 heterocycles. The average Bonchev–Trinajstić information content (AvgIpc) is 2.21. The minimum atomic E-state index is -0.712. The Labute approximate surface area is 82.6 Å². The average molecular weight is 195 g/mol. The molecule has 2 N–H and O–H groups in total. The SMILES string of the molecule is COC(=O)Oc1ccc(CCN)cc1. The zero-order chi connectivity index (χ0) is 10.4. The molecule has 1 aromatic rings. The molecule has 0 aromatic heterocycles. The Morgan fingerprint density at radius 3 is 2.50 bits per heavy atom. The summed E-state index contributed by atoms with van der Waals surface area (Å²) < 4.78 is 9.15. The standard InChI is InChI=1S/C10H13NO3/c1-13-10(12)14-9-4-2-8(3-5-9)6-7-11/h2-5H,6-7,11H2,1H3.